The van der Waals surface area contributed by atoms with E-state index >= 15 is 0 Å². The Bertz CT molecular complexity index is 662. The van der Waals surface area contributed by atoms with Gasteiger partial charge >= 0.3 is 0 Å². The fourth-order valence-corrected chi connectivity index (χ4v) is 2.64. The Morgan fingerprint density at radius 1 is 1.18 bits per heavy atom. The first-order valence-electron chi connectivity index (χ1n) is 6.96. The van der Waals surface area contributed by atoms with Crippen LogP contribution in [0.1, 0.15) is 17.5 Å². The predicted octanol–water partition coefficient (Wildman–Crippen LogP) is 3.89. The summed E-state index contributed by atoms with van der Waals surface area (Å²) in [6.07, 6.45) is 1.75. The summed E-state index contributed by atoms with van der Waals surface area (Å²) in [6.45, 7) is 0.493. The number of aliphatic hydroxyl groups excluding tert-OH is 1. The number of aryl methyl sites for hydroxylation is 1. The van der Waals surface area contributed by atoms with Crippen LogP contribution in [0, 0.1) is 10.1 Å². The molecule has 0 aromatic heterocycles. The van der Waals surface area contributed by atoms with Gasteiger partial charge in [-0.25, -0.2) is 0 Å². The van der Waals surface area contributed by atoms with Crippen LogP contribution in [0.5, 0.6) is 0 Å². The molecule has 0 aliphatic carbocycles. The van der Waals surface area contributed by atoms with Crippen molar-refractivity contribution in [2.75, 3.05) is 11.9 Å². The molecule has 0 bridgehead atoms. The van der Waals surface area contributed by atoms with Gasteiger partial charge in [-0.1, -0.05) is 28.1 Å². The molecule has 6 heteroatoms. The second-order valence-corrected chi connectivity index (χ2v) is 5.84. The fraction of sp³-hybridized carbons (Fsp3) is 0.250. The first-order valence-corrected chi connectivity index (χ1v) is 7.76. The molecule has 0 aliphatic heterocycles. The Morgan fingerprint density at radius 3 is 2.68 bits per heavy atom. The van der Waals surface area contributed by atoms with Gasteiger partial charge in [-0.15, -0.1) is 0 Å². The summed E-state index contributed by atoms with van der Waals surface area (Å²) in [5.41, 5.74) is 2.35. The number of hydrogen-bond acceptors (Lipinski definition) is 4. The average Bonchev–Trinajstić information content (AvgIpc) is 2.51. The molecule has 22 heavy (non-hydrogen) atoms. The number of anilines is 1. The topological polar surface area (TPSA) is 75.4 Å². The minimum Gasteiger partial charge on any atom is -0.392 e. The van der Waals surface area contributed by atoms with E-state index < -0.39 is 4.92 Å². The molecule has 2 rings (SSSR count). The molecule has 2 aromatic carbocycles. The summed E-state index contributed by atoms with van der Waals surface area (Å²) in [5.74, 6) is 0. The molecule has 0 unspecified atom stereocenters. The zero-order chi connectivity index (χ0) is 15.9. The van der Waals surface area contributed by atoms with Gasteiger partial charge in [0.1, 0.15) is 5.69 Å². The van der Waals surface area contributed by atoms with E-state index in [1.54, 1.807) is 12.1 Å². The van der Waals surface area contributed by atoms with Crippen LogP contribution in [0.3, 0.4) is 0 Å². The number of nitro groups is 1. The molecule has 5 nitrogen and oxygen atoms in total. The minimum absolute atomic E-state index is 0.0275. The van der Waals surface area contributed by atoms with Crippen molar-refractivity contribution >= 4 is 27.3 Å². The van der Waals surface area contributed by atoms with Gasteiger partial charge in [0, 0.05) is 17.1 Å². The highest BCUT2D eigenvalue weighted by molar-refractivity contribution is 9.10. The minimum atomic E-state index is -0.419. The monoisotopic (exact) mass is 364 g/mol. The highest BCUT2D eigenvalue weighted by Crippen LogP contribution is 2.25. The van der Waals surface area contributed by atoms with Crippen LogP contribution >= 0.6 is 15.9 Å². The van der Waals surface area contributed by atoms with E-state index in [9.17, 15) is 10.1 Å². The number of hydrogen-bond donors (Lipinski definition) is 2. The highest BCUT2D eigenvalue weighted by atomic mass is 79.9. The lowest BCUT2D eigenvalue weighted by Gasteiger charge is -2.09. The van der Waals surface area contributed by atoms with Crippen molar-refractivity contribution in [3.05, 3.63) is 68.2 Å². The lowest BCUT2D eigenvalue weighted by molar-refractivity contribution is -0.384. The second kappa shape index (κ2) is 7.91. The third-order valence-electron chi connectivity index (χ3n) is 3.29. The fourth-order valence-electron chi connectivity index (χ4n) is 2.19. The van der Waals surface area contributed by atoms with Crippen molar-refractivity contribution in [1.82, 2.24) is 0 Å². The predicted molar refractivity (Wildman–Crippen MR) is 90.0 cm³/mol. The lowest BCUT2D eigenvalue weighted by Crippen LogP contribution is -2.06. The number of nitro benzene ring substituents is 1. The SMILES string of the molecule is O=[N+]([O-])c1ccc(CO)cc1NCCCc1cccc(Br)c1. The Balaban J connectivity index is 1.94. The van der Waals surface area contributed by atoms with Crippen molar-refractivity contribution in [3.8, 4) is 0 Å². The van der Waals surface area contributed by atoms with Crippen molar-refractivity contribution < 1.29 is 10.0 Å². The number of nitrogens with one attached hydrogen (secondary N) is 1. The molecule has 2 N–H and O–H groups in total. The van der Waals surface area contributed by atoms with Gasteiger partial charge < -0.3 is 10.4 Å². The largest absolute Gasteiger partial charge is 0.392 e. The zero-order valence-corrected chi connectivity index (χ0v) is 13.5. The van der Waals surface area contributed by atoms with Crippen LogP contribution in [-0.2, 0) is 13.0 Å². The van der Waals surface area contributed by atoms with E-state index in [1.807, 2.05) is 12.1 Å². The maximum Gasteiger partial charge on any atom is 0.292 e. The van der Waals surface area contributed by atoms with Gasteiger partial charge in [0.15, 0.2) is 0 Å². The van der Waals surface area contributed by atoms with Crippen LogP contribution in [0.25, 0.3) is 0 Å². The molecular weight excluding hydrogens is 348 g/mol. The van der Waals surface area contributed by atoms with Crippen LogP contribution in [0.15, 0.2) is 46.9 Å². The third-order valence-corrected chi connectivity index (χ3v) is 3.78. The van der Waals surface area contributed by atoms with Crippen LogP contribution in [0.4, 0.5) is 11.4 Å². The number of benzene rings is 2. The third kappa shape index (κ3) is 4.54. The molecule has 116 valence electrons. The summed E-state index contributed by atoms with van der Waals surface area (Å²) in [6, 6.07) is 12.7. The van der Waals surface area contributed by atoms with Crippen LogP contribution in [0.2, 0.25) is 0 Å². The van der Waals surface area contributed by atoms with Gasteiger partial charge in [-0.2, -0.15) is 0 Å². The van der Waals surface area contributed by atoms with E-state index in [-0.39, 0.29) is 12.3 Å². The summed E-state index contributed by atoms with van der Waals surface area (Å²) in [7, 11) is 0. The van der Waals surface area contributed by atoms with Crippen molar-refractivity contribution in [1.29, 1.82) is 0 Å². The molecule has 0 aliphatic rings. The lowest BCUT2D eigenvalue weighted by atomic mass is 10.1. The molecular formula is C16H17BrN2O3. The van der Waals surface area contributed by atoms with E-state index in [4.69, 9.17) is 5.11 Å². The van der Waals surface area contributed by atoms with E-state index in [0.717, 1.165) is 17.3 Å². The van der Waals surface area contributed by atoms with Crippen molar-refractivity contribution in [3.63, 3.8) is 0 Å². The van der Waals surface area contributed by atoms with Crippen molar-refractivity contribution in [2.45, 2.75) is 19.4 Å². The number of halogens is 1. The van der Waals surface area contributed by atoms with Gasteiger partial charge in [-0.05, 0) is 48.2 Å². The Morgan fingerprint density at radius 2 is 2.00 bits per heavy atom. The molecule has 0 saturated heterocycles. The number of rotatable bonds is 7. The first-order chi connectivity index (χ1) is 10.6. The molecule has 0 radical (unpaired) electrons. The van der Waals surface area contributed by atoms with Gasteiger partial charge in [0.05, 0.1) is 11.5 Å². The smallest absolute Gasteiger partial charge is 0.292 e. The summed E-state index contributed by atoms with van der Waals surface area (Å²) < 4.78 is 1.05. The Hall–Kier alpha value is -1.92. The maximum absolute atomic E-state index is 11.0. The van der Waals surface area contributed by atoms with E-state index in [0.29, 0.717) is 17.8 Å². The second-order valence-electron chi connectivity index (χ2n) is 4.93. The van der Waals surface area contributed by atoms with Crippen molar-refractivity contribution in [2.24, 2.45) is 0 Å². The summed E-state index contributed by atoms with van der Waals surface area (Å²) in [4.78, 5) is 10.6. The molecule has 0 fully saturated rings. The van der Waals surface area contributed by atoms with E-state index in [2.05, 4.69) is 33.4 Å². The number of aliphatic hydroxyl groups is 1. The first kappa shape index (κ1) is 16.5. The molecule has 0 spiro atoms. The standard InChI is InChI=1S/C16H17BrN2O3/c17-14-5-1-3-12(9-14)4-2-8-18-15-10-13(11-20)6-7-16(15)19(21)22/h1,3,5-7,9-10,18,20H,2,4,8,11H2. The number of nitrogens with zero attached hydrogens (tertiary/aromatic N) is 1. The molecule has 2 aromatic rings. The Kier molecular flexibility index (Phi) is 5.91. The zero-order valence-electron chi connectivity index (χ0n) is 12.0. The molecule has 0 saturated carbocycles. The Labute approximate surface area is 137 Å². The quantitative estimate of drug-likeness (QED) is 0.443. The average molecular weight is 365 g/mol. The summed E-state index contributed by atoms with van der Waals surface area (Å²) in [5, 5.41) is 23.2. The highest BCUT2D eigenvalue weighted by Gasteiger charge is 2.13. The van der Waals surface area contributed by atoms with E-state index in [1.165, 1.54) is 11.6 Å². The maximum atomic E-state index is 11.0. The normalized spacial score (nSPS) is 10.5. The molecule has 0 atom stereocenters. The van der Waals surface area contributed by atoms with Gasteiger partial charge in [0.25, 0.3) is 5.69 Å². The van der Waals surface area contributed by atoms with Crippen LogP contribution in [-0.4, -0.2) is 16.6 Å². The molecule has 0 amide bonds. The van der Waals surface area contributed by atoms with Gasteiger partial charge in [-0.3, -0.25) is 10.1 Å². The summed E-state index contributed by atoms with van der Waals surface area (Å²) >= 11 is 3.43. The van der Waals surface area contributed by atoms with Crippen LogP contribution < -0.4 is 5.32 Å². The van der Waals surface area contributed by atoms with Gasteiger partial charge in [0.2, 0.25) is 0 Å². The molecule has 0 heterocycles.